The van der Waals surface area contributed by atoms with Crippen molar-refractivity contribution in [1.29, 1.82) is 0 Å². The molecule has 0 spiro atoms. The van der Waals surface area contributed by atoms with Crippen molar-refractivity contribution in [2.45, 2.75) is 37.0 Å². The lowest BCUT2D eigenvalue weighted by Gasteiger charge is -2.42. The van der Waals surface area contributed by atoms with E-state index in [1.54, 1.807) is 0 Å². The Bertz CT molecular complexity index is 820. The van der Waals surface area contributed by atoms with Crippen LogP contribution in [0.4, 0.5) is 0 Å². The Morgan fingerprint density at radius 1 is 0.926 bits per heavy atom. The predicted molar refractivity (Wildman–Crippen MR) is 95.8 cm³/mol. The van der Waals surface area contributed by atoms with Crippen molar-refractivity contribution in [2.24, 2.45) is 5.92 Å². The van der Waals surface area contributed by atoms with Gasteiger partial charge in [-0.3, -0.25) is 4.79 Å². The van der Waals surface area contributed by atoms with Crippen LogP contribution in [0.15, 0.2) is 0 Å². The molecule has 0 aromatic rings. The number of carboxylic acids is 1. The zero-order chi connectivity index (χ0) is 20.0. The number of likely N-dealkylation sites (tertiary alicyclic amines) is 1. The van der Waals surface area contributed by atoms with Crippen molar-refractivity contribution in [2.75, 3.05) is 39.0 Å². The summed E-state index contributed by atoms with van der Waals surface area (Å²) in [6.07, 6.45) is 3.14. The third-order valence-corrected chi connectivity index (χ3v) is 9.07. The molecule has 0 unspecified atom stereocenters. The van der Waals surface area contributed by atoms with Crippen LogP contribution in [-0.2, 0) is 29.6 Å². The molecule has 1 N–H and O–H groups in total. The van der Waals surface area contributed by atoms with E-state index in [2.05, 4.69) is 0 Å². The van der Waals surface area contributed by atoms with E-state index in [0.29, 0.717) is 32.2 Å². The molecule has 2 atom stereocenters. The van der Waals surface area contributed by atoms with Gasteiger partial charge in [0.1, 0.15) is 6.04 Å². The average Bonchev–Trinajstić information content (AvgIpc) is 3.01. The van der Waals surface area contributed by atoms with Crippen LogP contribution in [0.1, 0.15) is 25.7 Å². The first-order valence-electron chi connectivity index (χ1n) is 8.99. The highest BCUT2D eigenvalue weighted by Crippen LogP contribution is 2.29. The highest BCUT2D eigenvalue weighted by molar-refractivity contribution is 7.91. The van der Waals surface area contributed by atoms with Gasteiger partial charge in [0, 0.05) is 39.0 Å². The molecule has 3 aliphatic heterocycles. The first-order chi connectivity index (χ1) is 12.5. The molecular weight excluding hydrogens is 398 g/mol. The fraction of sp³-hybridized carbons (Fsp3) is 0.867. The molecule has 0 aromatic carbocycles. The van der Waals surface area contributed by atoms with Crippen LogP contribution in [0.3, 0.4) is 0 Å². The van der Waals surface area contributed by atoms with Gasteiger partial charge in [0.15, 0.2) is 9.84 Å². The monoisotopic (exact) mass is 423 g/mol. The quantitative estimate of drug-likeness (QED) is 0.584. The third kappa shape index (κ3) is 3.98. The van der Waals surface area contributed by atoms with Crippen LogP contribution in [0, 0.1) is 5.92 Å². The molecule has 3 aliphatic rings. The standard InChI is InChI=1S/C15H25N3O7S2/c1-26(22,23)12-9-17(10-12)27(24,25)16-6-2-4-11(8-16)14(19)18-7-3-5-13(18)15(20)21/h11-13H,2-10H2,1H3,(H,20,21)/t11-,13+/m0/s1. The maximum Gasteiger partial charge on any atom is 0.326 e. The molecule has 0 radical (unpaired) electrons. The number of carbonyl (C=O) groups excluding carboxylic acids is 1. The summed E-state index contributed by atoms with van der Waals surface area (Å²) in [7, 11) is -7.10. The van der Waals surface area contributed by atoms with Gasteiger partial charge in [-0.1, -0.05) is 0 Å². The van der Waals surface area contributed by atoms with Crippen molar-refractivity contribution in [3.63, 3.8) is 0 Å². The predicted octanol–water partition coefficient (Wildman–Crippen LogP) is -1.25. The minimum Gasteiger partial charge on any atom is -0.480 e. The van der Waals surface area contributed by atoms with E-state index < -0.39 is 43.2 Å². The summed E-state index contributed by atoms with van der Waals surface area (Å²) in [6.45, 7) is 0.521. The molecule has 3 fully saturated rings. The maximum absolute atomic E-state index is 12.8. The molecule has 3 saturated heterocycles. The number of nitrogens with zero attached hydrogens (tertiary/aromatic N) is 3. The van der Waals surface area contributed by atoms with E-state index in [9.17, 15) is 31.5 Å². The molecule has 3 heterocycles. The second-order valence-corrected chi connectivity index (χ2v) is 11.8. The first-order valence-corrected chi connectivity index (χ1v) is 12.3. The Balaban J connectivity index is 1.66. The number of hydrogen-bond donors (Lipinski definition) is 1. The number of sulfone groups is 1. The van der Waals surface area contributed by atoms with Crippen molar-refractivity contribution in [1.82, 2.24) is 13.5 Å². The molecule has 1 amide bonds. The highest BCUT2D eigenvalue weighted by Gasteiger charge is 2.46. The average molecular weight is 424 g/mol. The van der Waals surface area contributed by atoms with Crippen molar-refractivity contribution >= 4 is 31.9 Å². The summed E-state index contributed by atoms with van der Waals surface area (Å²) < 4.78 is 50.8. The van der Waals surface area contributed by atoms with E-state index in [1.807, 2.05) is 0 Å². The summed E-state index contributed by atoms with van der Waals surface area (Å²) in [4.78, 5) is 25.4. The van der Waals surface area contributed by atoms with Crippen LogP contribution >= 0.6 is 0 Å². The van der Waals surface area contributed by atoms with Crippen LogP contribution < -0.4 is 0 Å². The Kier molecular flexibility index (Phi) is 5.54. The van der Waals surface area contributed by atoms with E-state index >= 15 is 0 Å². The maximum atomic E-state index is 12.8. The van der Waals surface area contributed by atoms with E-state index in [-0.39, 0.29) is 32.1 Å². The van der Waals surface area contributed by atoms with Crippen LogP contribution in [0.2, 0.25) is 0 Å². The van der Waals surface area contributed by atoms with Gasteiger partial charge in [-0.25, -0.2) is 13.2 Å². The largest absolute Gasteiger partial charge is 0.480 e. The number of aliphatic carboxylic acids is 1. The molecule has 27 heavy (non-hydrogen) atoms. The SMILES string of the molecule is CS(=O)(=O)C1CN(S(=O)(=O)N2CCC[C@H](C(=O)N3CCC[C@@H]3C(=O)O)C2)C1. The molecule has 0 saturated carbocycles. The van der Waals surface area contributed by atoms with Gasteiger partial charge in [0.25, 0.3) is 10.2 Å². The van der Waals surface area contributed by atoms with Gasteiger partial charge in [-0.2, -0.15) is 17.0 Å². The Morgan fingerprint density at radius 2 is 1.56 bits per heavy atom. The zero-order valence-corrected chi connectivity index (χ0v) is 16.8. The normalized spacial score (nSPS) is 28.9. The number of carbonyl (C=O) groups is 2. The Labute approximate surface area is 159 Å². The van der Waals surface area contributed by atoms with E-state index in [0.717, 1.165) is 10.6 Å². The molecule has 0 bridgehead atoms. The Hall–Kier alpha value is -1.24. The number of amides is 1. The molecule has 12 heteroatoms. The van der Waals surface area contributed by atoms with Crippen molar-refractivity contribution < 1.29 is 31.5 Å². The van der Waals surface area contributed by atoms with E-state index in [1.165, 1.54) is 9.21 Å². The summed E-state index contributed by atoms with van der Waals surface area (Å²) in [6, 6.07) is -0.838. The second-order valence-electron chi connectivity index (χ2n) is 7.50. The highest BCUT2D eigenvalue weighted by atomic mass is 32.2. The number of hydrogen-bond acceptors (Lipinski definition) is 6. The minimum absolute atomic E-state index is 0.00402. The van der Waals surface area contributed by atoms with Crippen molar-refractivity contribution in [3.05, 3.63) is 0 Å². The fourth-order valence-electron chi connectivity index (χ4n) is 3.90. The van der Waals surface area contributed by atoms with Gasteiger partial charge < -0.3 is 10.0 Å². The third-order valence-electron chi connectivity index (χ3n) is 5.63. The topological polar surface area (TPSA) is 132 Å². The lowest BCUT2D eigenvalue weighted by Crippen LogP contribution is -2.61. The zero-order valence-electron chi connectivity index (χ0n) is 15.2. The molecule has 0 aliphatic carbocycles. The van der Waals surface area contributed by atoms with Crippen LogP contribution in [0.25, 0.3) is 0 Å². The van der Waals surface area contributed by atoms with Gasteiger partial charge in [-0.05, 0) is 25.7 Å². The van der Waals surface area contributed by atoms with E-state index in [4.69, 9.17) is 0 Å². The molecule has 3 rings (SSSR count). The van der Waals surface area contributed by atoms with Gasteiger partial charge >= 0.3 is 5.97 Å². The van der Waals surface area contributed by atoms with Crippen molar-refractivity contribution in [3.8, 4) is 0 Å². The van der Waals surface area contributed by atoms with Gasteiger partial charge in [-0.15, -0.1) is 0 Å². The minimum atomic E-state index is -3.82. The number of rotatable bonds is 5. The molecule has 0 aromatic heterocycles. The lowest BCUT2D eigenvalue weighted by molar-refractivity contribution is -0.150. The van der Waals surface area contributed by atoms with Gasteiger partial charge in [0.05, 0.1) is 11.2 Å². The smallest absolute Gasteiger partial charge is 0.326 e. The first kappa shape index (κ1) is 20.5. The number of carboxylic acid groups (broad SMARTS) is 1. The fourth-order valence-corrected chi connectivity index (χ4v) is 6.78. The summed E-state index contributed by atoms with van der Waals surface area (Å²) in [5, 5.41) is 8.57. The van der Waals surface area contributed by atoms with Crippen LogP contribution in [0.5, 0.6) is 0 Å². The summed E-state index contributed by atoms with van der Waals surface area (Å²) >= 11 is 0. The lowest BCUT2D eigenvalue weighted by atomic mass is 9.97. The molecule has 154 valence electrons. The second kappa shape index (κ2) is 7.30. The Morgan fingerprint density at radius 3 is 2.15 bits per heavy atom. The van der Waals surface area contributed by atoms with Crippen LogP contribution in [-0.4, -0.2) is 97.6 Å². The number of piperidine rings is 1. The van der Waals surface area contributed by atoms with Gasteiger partial charge in [0.2, 0.25) is 5.91 Å². The summed E-state index contributed by atoms with van der Waals surface area (Å²) in [5.41, 5.74) is 0. The molecular formula is C15H25N3O7S2. The summed E-state index contributed by atoms with van der Waals surface area (Å²) in [5.74, 6) is -1.91. The molecule has 10 nitrogen and oxygen atoms in total.